The minimum Gasteiger partial charge on any atom is -0.478 e. The Morgan fingerprint density at radius 2 is 1.67 bits per heavy atom. The number of nitrogens with zero attached hydrogens (tertiary/aromatic N) is 1. The van der Waals surface area contributed by atoms with Gasteiger partial charge in [0.25, 0.3) is 5.91 Å². The summed E-state index contributed by atoms with van der Waals surface area (Å²) in [5.41, 5.74) is -5.07. The van der Waals surface area contributed by atoms with E-state index in [4.69, 9.17) is 21.4 Å². The summed E-state index contributed by atoms with van der Waals surface area (Å²) in [7, 11) is 1.41. The van der Waals surface area contributed by atoms with E-state index in [1.165, 1.54) is 63.1 Å². The number of amides is 1. The molecule has 3 aromatic rings. The topological polar surface area (TPSA) is 87.1 Å². The number of carbonyl (C=O) groups excluding carboxylic acids is 1. The molecule has 2 N–H and O–H groups in total. The van der Waals surface area contributed by atoms with Gasteiger partial charge >= 0.3 is 12.1 Å². The number of rotatable bonds is 5. The van der Waals surface area contributed by atoms with Crippen LogP contribution in [0.4, 0.5) is 23.2 Å². The third-order valence-corrected chi connectivity index (χ3v) is 7.33. The smallest absolute Gasteiger partial charge is 0.422 e. The Labute approximate surface area is 226 Å². The van der Waals surface area contributed by atoms with Gasteiger partial charge < -0.3 is 19.8 Å². The zero-order valence-electron chi connectivity index (χ0n) is 21.2. The molecule has 11 heteroatoms. The molecule has 2 atom stereocenters. The molecule has 0 radical (unpaired) electrons. The van der Waals surface area contributed by atoms with Crippen molar-refractivity contribution in [1.29, 1.82) is 0 Å². The van der Waals surface area contributed by atoms with E-state index in [0.29, 0.717) is 5.56 Å². The van der Waals surface area contributed by atoms with Crippen LogP contribution in [0.5, 0.6) is 5.75 Å². The zero-order chi connectivity index (χ0) is 29.1. The highest BCUT2D eigenvalue weighted by Gasteiger charge is 2.59. The van der Waals surface area contributed by atoms with Crippen molar-refractivity contribution in [1.82, 2.24) is 0 Å². The number of hydrogen-bond acceptors (Lipinski definition) is 4. The van der Waals surface area contributed by atoms with Crippen LogP contribution >= 0.6 is 11.6 Å². The van der Waals surface area contributed by atoms with Gasteiger partial charge in [0.15, 0.2) is 11.2 Å². The first-order valence-electron chi connectivity index (χ1n) is 11.7. The average molecular weight is 566 g/mol. The highest BCUT2D eigenvalue weighted by molar-refractivity contribution is 6.31. The molecule has 1 aliphatic rings. The van der Waals surface area contributed by atoms with Crippen LogP contribution in [-0.4, -0.2) is 40.9 Å². The quantitative estimate of drug-likeness (QED) is 0.343. The van der Waals surface area contributed by atoms with Crippen LogP contribution in [0.25, 0.3) is 11.1 Å². The van der Waals surface area contributed by atoms with Crippen molar-refractivity contribution in [3.63, 3.8) is 0 Å². The van der Waals surface area contributed by atoms with E-state index < -0.39 is 52.1 Å². The number of halogens is 5. The van der Waals surface area contributed by atoms with Gasteiger partial charge in [-0.1, -0.05) is 42.8 Å². The van der Waals surface area contributed by atoms with E-state index in [2.05, 4.69) is 0 Å². The van der Waals surface area contributed by atoms with Gasteiger partial charge in [0.05, 0.1) is 11.3 Å². The summed E-state index contributed by atoms with van der Waals surface area (Å²) in [5.74, 6) is -4.33. The molecule has 1 aliphatic heterocycles. The summed E-state index contributed by atoms with van der Waals surface area (Å²) in [6, 6.07) is 10.9. The fraction of sp³-hybridized carbons (Fsp3) is 0.286. The van der Waals surface area contributed by atoms with E-state index in [1.54, 1.807) is 0 Å². The molecule has 206 valence electrons. The number of ether oxygens (including phenoxy) is 1. The summed E-state index contributed by atoms with van der Waals surface area (Å²) in [5, 5.41) is 20.2. The molecule has 1 amide bonds. The van der Waals surface area contributed by atoms with E-state index in [1.807, 2.05) is 0 Å². The minimum absolute atomic E-state index is 0.0394. The Morgan fingerprint density at radius 3 is 2.23 bits per heavy atom. The molecule has 1 heterocycles. The molecule has 0 aromatic heterocycles. The summed E-state index contributed by atoms with van der Waals surface area (Å²) in [4.78, 5) is 24.9. The normalized spacial score (nSPS) is 17.2. The standard InChI is InChI=1S/C28H24ClF4NO5/c1-14(18-8-5-15(11-20(18)29)16-6-9-19(24(35)36)21(30)12-16)27(38,28(31,32)33)17-7-10-23-22(13-17)34(4)25(37)26(2,3)39-23/h5-14,38H,1-4H3,(H,35,36)/t14-,27-/m1/s1. The van der Waals surface area contributed by atoms with Crippen LogP contribution in [0.2, 0.25) is 5.02 Å². The molecule has 0 fully saturated rings. The number of aromatic carboxylic acids is 1. The minimum atomic E-state index is -5.16. The number of likely N-dealkylation sites (N-methyl/N-ethyl adjacent to an activating group) is 1. The first-order chi connectivity index (χ1) is 18.0. The van der Waals surface area contributed by atoms with Gasteiger partial charge in [-0.05, 0) is 66.4 Å². The van der Waals surface area contributed by atoms with Crippen LogP contribution in [0.1, 0.15) is 48.2 Å². The second kappa shape index (κ2) is 9.53. The fourth-order valence-corrected chi connectivity index (χ4v) is 5.09. The van der Waals surface area contributed by atoms with E-state index in [9.17, 15) is 32.3 Å². The number of carboxylic acids is 1. The van der Waals surface area contributed by atoms with E-state index in [-0.39, 0.29) is 27.6 Å². The van der Waals surface area contributed by atoms with Crippen molar-refractivity contribution in [2.45, 2.75) is 44.1 Å². The van der Waals surface area contributed by atoms with Gasteiger partial charge in [-0.2, -0.15) is 13.2 Å². The largest absolute Gasteiger partial charge is 0.478 e. The summed E-state index contributed by atoms with van der Waals surface area (Å²) < 4.78 is 63.6. The van der Waals surface area contributed by atoms with Crippen LogP contribution in [0, 0.1) is 5.82 Å². The number of aliphatic hydroxyl groups is 1. The maximum atomic E-state index is 14.6. The third kappa shape index (κ3) is 4.72. The van der Waals surface area contributed by atoms with Gasteiger partial charge in [0, 0.05) is 18.0 Å². The number of carbonyl (C=O) groups is 2. The Morgan fingerprint density at radius 1 is 1.05 bits per heavy atom. The van der Waals surface area contributed by atoms with Crippen molar-refractivity contribution >= 4 is 29.2 Å². The Bertz CT molecular complexity index is 1490. The molecule has 0 aliphatic carbocycles. The SMILES string of the molecule is C[C@H](c1ccc(-c2ccc(C(=O)O)c(F)c2)cc1Cl)[C@@](O)(c1ccc2c(c1)N(C)C(=O)C(C)(C)O2)C(F)(F)F. The molecular weight excluding hydrogens is 542 g/mol. The molecule has 39 heavy (non-hydrogen) atoms. The fourth-order valence-electron chi connectivity index (χ4n) is 4.74. The van der Waals surface area contributed by atoms with Crippen LogP contribution in [0.15, 0.2) is 54.6 Å². The molecule has 0 bridgehead atoms. The first-order valence-corrected chi connectivity index (χ1v) is 12.1. The molecule has 3 aromatic carbocycles. The lowest BCUT2D eigenvalue weighted by molar-refractivity contribution is -0.274. The molecular formula is C28H24ClF4NO5. The molecule has 4 rings (SSSR count). The van der Waals surface area contributed by atoms with Gasteiger partial charge in [-0.15, -0.1) is 0 Å². The van der Waals surface area contributed by atoms with Gasteiger partial charge in [-0.25, -0.2) is 9.18 Å². The van der Waals surface area contributed by atoms with E-state index in [0.717, 1.165) is 24.3 Å². The number of alkyl halides is 3. The second-order valence-electron chi connectivity index (χ2n) is 9.88. The molecule has 0 spiro atoms. The predicted molar refractivity (Wildman–Crippen MR) is 137 cm³/mol. The van der Waals surface area contributed by atoms with Crippen LogP contribution < -0.4 is 9.64 Å². The number of carboxylic acid groups (broad SMARTS) is 1. The van der Waals surface area contributed by atoms with Crippen molar-refractivity contribution in [2.24, 2.45) is 0 Å². The zero-order valence-corrected chi connectivity index (χ0v) is 22.0. The Hall–Kier alpha value is -3.63. The molecule has 0 unspecified atom stereocenters. The monoisotopic (exact) mass is 565 g/mol. The van der Waals surface area contributed by atoms with Crippen LogP contribution in [-0.2, 0) is 10.4 Å². The number of anilines is 1. The van der Waals surface area contributed by atoms with Gasteiger partial charge in [0.1, 0.15) is 11.6 Å². The van der Waals surface area contributed by atoms with Crippen molar-refractivity contribution < 1.29 is 42.1 Å². The lowest BCUT2D eigenvalue weighted by Gasteiger charge is -2.40. The van der Waals surface area contributed by atoms with E-state index >= 15 is 0 Å². The second-order valence-corrected chi connectivity index (χ2v) is 10.3. The van der Waals surface area contributed by atoms with Crippen LogP contribution in [0.3, 0.4) is 0 Å². The summed E-state index contributed by atoms with van der Waals surface area (Å²) in [6.07, 6.45) is -5.16. The number of hydrogen-bond donors (Lipinski definition) is 2. The van der Waals surface area contributed by atoms with Crippen molar-refractivity contribution in [3.05, 3.63) is 82.1 Å². The van der Waals surface area contributed by atoms with Crippen molar-refractivity contribution in [3.8, 4) is 16.9 Å². The maximum Gasteiger partial charge on any atom is 0.422 e. The first kappa shape index (κ1) is 28.4. The third-order valence-electron chi connectivity index (χ3n) is 7.00. The summed E-state index contributed by atoms with van der Waals surface area (Å²) in [6.45, 7) is 4.25. The lowest BCUT2D eigenvalue weighted by Crippen LogP contribution is -2.51. The average Bonchev–Trinajstić information content (AvgIpc) is 2.85. The van der Waals surface area contributed by atoms with Gasteiger partial charge in [0.2, 0.25) is 0 Å². The van der Waals surface area contributed by atoms with Crippen molar-refractivity contribution in [2.75, 3.05) is 11.9 Å². The molecule has 6 nitrogen and oxygen atoms in total. The Kier molecular flexibility index (Phi) is 6.94. The highest BCUT2D eigenvalue weighted by atomic mass is 35.5. The molecule has 0 saturated carbocycles. The predicted octanol–water partition coefficient (Wildman–Crippen LogP) is 6.53. The van der Waals surface area contributed by atoms with Gasteiger partial charge in [-0.3, -0.25) is 4.79 Å². The maximum absolute atomic E-state index is 14.6. The highest BCUT2D eigenvalue weighted by Crippen LogP contribution is 2.52. The number of fused-ring (bicyclic) bond motifs is 1. The lowest BCUT2D eigenvalue weighted by atomic mass is 9.77. The molecule has 0 saturated heterocycles. The Balaban J connectivity index is 1.77. The number of benzene rings is 3. The summed E-state index contributed by atoms with van der Waals surface area (Å²) >= 11 is 6.39.